The number of nitrogens with one attached hydrogen (secondary N) is 1. The Balaban J connectivity index is 2.27. The summed E-state index contributed by atoms with van der Waals surface area (Å²) in [7, 11) is 2.87. The van der Waals surface area contributed by atoms with E-state index >= 15 is 0 Å². The molecular weight excluding hydrogens is 325 g/mol. The van der Waals surface area contributed by atoms with E-state index in [1.54, 1.807) is 6.07 Å². The van der Waals surface area contributed by atoms with Crippen LogP contribution in [0.25, 0.3) is 0 Å². The summed E-state index contributed by atoms with van der Waals surface area (Å²) >= 11 is 0. The van der Waals surface area contributed by atoms with Gasteiger partial charge in [0, 0.05) is 11.6 Å². The Labute approximate surface area is 136 Å². The number of hydrogen-bond acceptors (Lipinski definition) is 4. The summed E-state index contributed by atoms with van der Waals surface area (Å²) in [6, 6.07) is 7.24. The molecule has 2 rings (SSSR count). The molecule has 128 valence electrons. The molecule has 0 aliphatic carbocycles. The minimum atomic E-state index is -4.50. The van der Waals surface area contributed by atoms with E-state index in [1.807, 2.05) is 0 Å². The first-order valence-corrected chi connectivity index (χ1v) is 6.75. The molecular formula is C16H15F3N2O3. The Bertz CT molecular complexity index is 738. The molecule has 0 aliphatic heterocycles. The Hall–Kier alpha value is -2.90. The average Bonchev–Trinajstić information content (AvgIpc) is 2.55. The second-order valence-electron chi connectivity index (χ2n) is 4.86. The van der Waals surface area contributed by atoms with Crippen molar-refractivity contribution in [3.63, 3.8) is 0 Å². The fourth-order valence-corrected chi connectivity index (χ4v) is 1.99. The van der Waals surface area contributed by atoms with Crippen molar-refractivity contribution in [1.29, 1.82) is 0 Å². The molecule has 0 spiro atoms. The standard InChI is InChI=1S/C16H15F3N2O3/c1-23-11-5-9(6-12(8-11)24-2)15(22)21-14-4-3-10(7-13(14)20)16(17,18)19/h3-8H,20H2,1-2H3,(H,21,22). The summed E-state index contributed by atoms with van der Waals surface area (Å²) in [5, 5.41) is 2.47. The molecule has 2 aromatic carbocycles. The highest BCUT2D eigenvalue weighted by atomic mass is 19.4. The Morgan fingerprint density at radius 2 is 1.62 bits per heavy atom. The molecule has 3 N–H and O–H groups in total. The number of ether oxygens (including phenoxy) is 2. The summed E-state index contributed by atoms with van der Waals surface area (Å²) in [5.41, 5.74) is 4.81. The van der Waals surface area contributed by atoms with E-state index in [2.05, 4.69) is 5.32 Å². The third-order valence-electron chi connectivity index (χ3n) is 3.24. The quantitative estimate of drug-likeness (QED) is 0.835. The van der Waals surface area contributed by atoms with Crippen molar-refractivity contribution in [2.75, 3.05) is 25.3 Å². The maximum absolute atomic E-state index is 12.6. The molecule has 0 aromatic heterocycles. The van der Waals surface area contributed by atoms with Crippen LogP contribution >= 0.6 is 0 Å². The van der Waals surface area contributed by atoms with Crippen molar-refractivity contribution < 1.29 is 27.4 Å². The number of nitrogen functional groups attached to an aromatic ring is 1. The van der Waals surface area contributed by atoms with Gasteiger partial charge in [-0.15, -0.1) is 0 Å². The number of benzene rings is 2. The molecule has 0 unspecified atom stereocenters. The summed E-state index contributed by atoms with van der Waals surface area (Å²) < 4.78 is 48.0. The number of hydrogen-bond donors (Lipinski definition) is 2. The number of anilines is 2. The predicted molar refractivity (Wildman–Crippen MR) is 83.4 cm³/mol. The highest BCUT2D eigenvalue weighted by molar-refractivity contribution is 6.06. The number of methoxy groups -OCH3 is 2. The molecule has 0 saturated carbocycles. The van der Waals surface area contributed by atoms with Gasteiger partial charge in [-0.05, 0) is 30.3 Å². The third-order valence-corrected chi connectivity index (χ3v) is 3.24. The van der Waals surface area contributed by atoms with E-state index in [0.29, 0.717) is 11.5 Å². The van der Waals surface area contributed by atoms with E-state index < -0.39 is 17.6 Å². The fraction of sp³-hybridized carbons (Fsp3) is 0.188. The maximum Gasteiger partial charge on any atom is 0.416 e. The molecule has 5 nitrogen and oxygen atoms in total. The van der Waals surface area contributed by atoms with Gasteiger partial charge in [-0.25, -0.2) is 0 Å². The smallest absolute Gasteiger partial charge is 0.416 e. The lowest BCUT2D eigenvalue weighted by Gasteiger charge is -2.13. The zero-order valence-electron chi connectivity index (χ0n) is 12.9. The van der Waals surface area contributed by atoms with Crippen LogP contribution < -0.4 is 20.5 Å². The van der Waals surface area contributed by atoms with Crippen LogP contribution in [0.15, 0.2) is 36.4 Å². The number of carbonyl (C=O) groups excluding carboxylic acids is 1. The van der Waals surface area contributed by atoms with Gasteiger partial charge in [0.1, 0.15) is 11.5 Å². The zero-order chi connectivity index (χ0) is 17.9. The number of carbonyl (C=O) groups is 1. The molecule has 0 bridgehead atoms. The van der Waals surface area contributed by atoms with E-state index in [4.69, 9.17) is 15.2 Å². The number of halogens is 3. The molecule has 2 aromatic rings. The summed E-state index contributed by atoms with van der Waals surface area (Å²) in [5.74, 6) is 0.249. The molecule has 8 heteroatoms. The van der Waals surface area contributed by atoms with Crippen LogP contribution in [0.5, 0.6) is 11.5 Å². The molecule has 0 fully saturated rings. The van der Waals surface area contributed by atoms with Crippen LogP contribution in [0.4, 0.5) is 24.5 Å². The van der Waals surface area contributed by atoms with Gasteiger partial charge in [-0.2, -0.15) is 13.2 Å². The fourth-order valence-electron chi connectivity index (χ4n) is 1.99. The monoisotopic (exact) mass is 340 g/mol. The number of nitrogens with two attached hydrogens (primary N) is 1. The highest BCUT2D eigenvalue weighted by Gasteiger charge is 2.30. The molecule has 24 heavy (non-hydrogen) atoms. The van der Waals surface area contributed by atoms with E-state index in [-0.39, 0.29) is 16.9 Å². The van der Waals surface area contributed by atoms with Crippen LogP contribution in [-0.4, -0.2) is 20.1 Å². The Morgan fingerprint density at radius 3 is 2.08 bits per heavy atom. The molecule has 1 amide bonds. The number of rotatable bonds is 4. The van der Waals surface area contributed by atoms with Crippen molar-refractivity contribution in [3.8, 4) is 11.5 Å². The topological polar surface area (TPSA) is 73.6 Å². The first-order valence-electron chi connectivity index (χ1n) is 6.75. The van der Waals surface area contributed by atoms with Crippen LogP contribution in [0.1, 0.15) is 15.9 Å². The minimum Gasteiger partial charge on any atom is -0.497 e. The predicted octanol–water partition coefficient (Wildman–Crippen LogP) is 3.56. The molecule has 0 heterocycles. The summed E-state index contributed by atoms with van der Waals surface area (Å²) in [6.45, 7) is 0. The Kier molecular flexibility index (Phi) is 4.87. The van der Waals surface area contributed by atoms with Gasteiger partial charge >= 0.3 is 6.18 Å². The number of amides is 1. The molecule has 0 saturated heterocycles. The Morgan fingerprint density at radius 1 is 1.04 bits per heavy atom. The van der Waals surface area contributed by atoms with Gasteiger partial charge in [0.2, 0.25) is 0 Å². The van der Waals surface area contributed by atoms with Gasteiger partial charge in [-0.1, -0.05) is 0 Å². The molecule has 0 radical (unpaired) electrons. The minimum absolute atomic E-state index is 0.0785. The number of alkyl halides is 3. The van der Waals surface area contributed by atoms with Crippen LogP contribution in [-0.2, 0) is 6.18 Å². The van der Waals surface area contributed by atoms with E-state index in [9.17, 15) is 18.0 Å². The normalized spacial score (nSPS) is 11.0. The average molecular weight is 340 g/mol. The first kappa shape index (κ1) is 17.5. The van der Waals surface area contributed by atoms with Crippen LogP contribution in [0.3, 0.4) is 0 Å². The van der Waals surface area contributed by atoms with Crippen molar-refractivity contribution >= 4 is 17.3 Å². The van der Waals surface area contributed by atoms with Crippen molar-refractivity contribution in [2.45, 2.75) is 6.18 Å². The lowest BCUT2D eigenvalue weighted by Crippen LogP contribution is -2.14. The summed E-state index contributed by atoms with van der Waals surface area (Å²) in [4.78, 5) is 12.3. The molecule has 0 atom stereocenters. The largest absolute Gasteiger partial charge is 0.497 e. The van der Waals surface area contributed by atoms with Gasteiger partial charge in [-0.3, -0.25) is 4.79 Å². The van der Waals surface area contributed by atoms with E-state index in [1.165, 1.54) is 26.4 Å². The van der Waals surface area contributed by atoms with Gasteiger partial charge < -0.3 is 20.5 Å². The molecule has 0 aliphatic rings. The SMILES string of the molecule is COc1cc(OC)cc(C(=O)Nc2ccc(C(F)(F)F)cc2N)c1. The van der Waals surface area contributed by atoms with Crippen molar-refractivity contribution in [2.24, 2.45) is 0 Å². The first-order chi connectivity index (χ1) is 11.2. The van der Waals surface area contributed by atoms with Crippen LogP contribution in [0.2, 0.25) is 0 Å². The van der Waals surface area contributed by atoms with Crippen LogP contribution in [0, 0.1) is 0 Å². The van der Waals surface area contributed by atoms with Crippen molar-refractivity contribution in [1.82, 2.24) is 0 Å². The van der Waals surface area contributed by atoms with Gasteiger partial charge in [0.05, 0.1) is 31.2 Å². The van der Waals surface area contributed by atoms with E-state index in [0.717, 1.165) is 18.2 Å². The third kappa shape index (κ3) is 3.89. The van der Waals surface area contributed by atoms with Gasteiger partial charge in [0.25, 0.3) is 5.91 Å². The summed E-state index contributed by atoms with van der Waals surface area (Å²) in [6.07, 6.45) is -4.50. The second-order valence-corrected chi connectivity index (χ2v) is 4.86. The lowest BCUT2D eigenvalue weighted by molar-refractivity contribution is -0.137. The zero-order valence-corrected chi connectivity index (χ0v) is 12.9. The highest BCUT2D eigenvalue weighted by Crippen LogP contribution is 2.33. The maximum atomic E-state index is 12.6. The van der Waals surface area contributed by atoms with Crippen molar-refractivity contribution in [3.05, 3.63) is 47.5 Å². The lowest BCUT2D eigenvalue weighted by atomic mass is 10.1. The van der Waals surface area contributed by atoms with Gasteiger partial charge in [0.15, 0.2) is 0 Å². The second kappa shape index (κ2) is 6.69.